The Labute approximate surface area is 109 Å². The van der Waals surface area contributed by atoms with Crippen LogP contribution in [0.5, 0.6) is 0 Å². The summed E-state index contributed by atoms with van der Waals surface area (Å²) >= 11 is 0. The van der Waals surface area contributed by atoms with Crippen LogP contribution >= 0.6 is 0 Å². The van der Waals surface area contributed by atoms with E-state index in [9.17, 15) is 0 Å². The Bertz CT molecular complexity index is 406. The van der Waals surface area contributed by atoms with Gasteiger partial charge in [0.25, 0.3) is 0 Å². The summed E-state index contributed by atoms with van der Waals surface area (Å²) in [6, 6.07) is 0.256. The maximum Gasteiger partial charge on any atom is 0.159 e. The van der Waals surface area contributed by atoms with Crippen molar-refractivity contribution >= 4 is 0 Å². The summed E-state index contributed by atoms with van der Waals surface area (Å²) in [7, 11) is 0. The zero-order valence-corrected chi connectivity index (χ0v) is 12.0. The summed E-state index contributed by atoms with van der Waals surface area (Å²) in [4.78, 5) is 0. The largest absolute Gasteiger partial charge is 0.371 e. The monoisotopic (exact) mass is 252 g/mol. The average Bonchev–Trinajstić information content (AvgIpc) is 2.67. The number of nitrogens with zero attached hydrogens (tertiary/aromatic N) is 3. The molecule has 2 rings (SSSR count). The van der Waals surface area contributed by atoms with E-state index in [2.05, 4.69) is 40.9 Å². The van der Waals surface area contributed by atoms with Gasteiger partial charge in [-0.25, -0.2) is 0 Å². The molecule has 5 nitrogen and oxygen atoms in total. The van der Waals surface area contributed by atoms with Crippen LogP contribution in [0.3, 0.4) is 0 Å². The fourth-order valence-electron chi connectivity index (χ4n) is 2.26. The summed E-state index contributed by atoms with van der Waals surface area (Å²) in [5.74, 6) is 1.98. The molecule has 1 aliphatic heterocycles. The van der Waals surface area contributed by atoms with Crippen LogP contribution in [0, 0.1) is 5.41 Å². The van der Waals surface area contributed by atoms with Crippen molar-refractivity contribution in [3.63, 3.8) is 0 Å². The molecule has 2 heterocycles. The number of fused-ring (bicyclic) bond motifs is 1. The van der Waals surface area contributed by atoms with Crippen LogP contribution < -0.4 is 5.32 Å². The second-order valence-corrected chi connectivity index (χ2v) is 6.24. The van der Waals surface area contributed by atoms with Gasteiger partial charge in [-0.15, -0.1) is 10.2 Å². The van der Waals surface area contributed by atoms with Crippen molar-refractivity contribution in [1.82, 2.24) is 20.1 Å². The predicted octanol–water partition coefficient (Wildman–Crippen LogP) is 1.89. The molecule has 0 radical (unpaired) electrons. The highest BCUT2D eigenvalue weighted by Crippen LogP contribution is 2.33. The fourth-order valence-corrected chi connectivity index (χ4v) is 2.26. The molecule has 1 unspecified atom stereocenters. The van der Waals surface area contributed by atoms with Crippen molar-refractivity contribution in [1.29, 1.82) is 0 Å². The highest BCUT2D eigenvalue weighted by atomic mass is 16.5. The third kappa shape index (κ3) is 2.72. The zero-order chi connectivity index (χ0) is 13.3. The van der Waals surface area contributed by atoms with E-state index in [1.807, 2.05) is 13.8 Å². The molecule has 1 N–H and O–H groups in total. The summed E-state index contributed by atoms with van der Waals surface area (Å²) in [6.45, 7) is 13.2. The predicted molar refractivity (Wildman–Crippen MR) is 70.1 cm³/mol. The molecule has 0 saturated carbocycles. The number of nitrogens with one attached hydrogen (secondary N) is 1. The minimum atomic E-state index is 0.140. The Morgan fingerprint density at radius 1 is 1.39 bits per heavy atom. The van der Waals surface area contributed by atoms with Crippen molar-refractivity contribution in [3.8, 4) is 0 Å². The molecular weight excluding hydrogens is 228 g/mol. The highest BCUT2D eigenvalue weighted by Gasteiger charge is 2.33. The van der Waals surface area contributed by atoms with Gasteiger partial charge in [0.05, 0.1) is 12.1 Å². The first-order valence-corrected chi connectivity index (χ1v) is 6.66. The number of rotatable bonds is 3. The van der Waals surface area contributed by atoms with Gasteiger partial charge in [0.2, 0.25) is 0 Å². The molecule has 1 atom stereocenters. The molecule has 0 bridgehead atoms. The van der Waals surface area contributed by atoms with Crippen molar-refractivity contribution in [2.75, 3.05) is 6.54 Å². The van der Waals surface area contributed by atoms with Gasteiger partial charge < -0.3 is 14.6 Å². The van der Waals surface area contributed by atoms with Gasteiger partial charge in [-0.2, -0.15) is 0 Å². The lowest BCUT2D eigenvalue weighted by Crippen LogP contribution is -2.41. The maximum absolute atomic E-state index is 5.63. The SMILES string of the molecule is CC(C)OCc1nnc2n1CCNC2C(C)(C)C. The quantitative estimate of drug-likeness (QED) is 0.892. The van der Waals surface area contributed by atoms with Crippen LogP contribution in [0.1, 0.15) is 52.3 Å². The molecule has 1 aromatic rings. The van der Waals surface area contributed by atoms with Crippen molar-refractivity contribution in [2.45, 2.75) is 59.9 Å². The minimum absolute atomic E-state index is 0.140. The van der Waals surface area contributed by atoms with Crippen molar-refractivity contribution in [3.05, 3.63) is 11.6 Å². The topological polar surface area (TPSA) is 52.0 Å². The molecule has 0 aromatic carbocycles. The molecule has 1 aliphatic rings. The van der Waals surface area contributed by atoms with E-state index in [0.717, 1.165) is 24.7 Å². The van der Waals surface area contributed by atoms with E-state index < -0.39 is 0 Å². The summed E-state index contributed by atoms with van der Waals surface area (Å²) in [5.41, 5.74) is 0.140. The van der Waals surface area contributed by atoms with Crippen LogP contribution in [-0.2, 0) is 17.9 Å². The van der Waals surface area contributed by atoms with Gasteiger partial charge in [-0.1, -0.05) is 20.8 Å². The number of hydrogen-bond donors (Lipinski definition) is 1. The normalized spacial score (nSPS) is 20.2. The van der Waals surface area contributed by atoms with E-state index in [0.29, 0.717) is 6.61 Å². The van der Waals surface area contributed by atoms with Crippen LogP contribution in [0.25, 0.3) is 0 Å². The van der Waals surface area contributed by atoms with E-state index >= 15 is 0 Å². The minimum Gasteiger partial charge on any atom is -0.371 e. The van der Waals surface area contributed by atoms with Gasteiger partial charge in [0, 0.05) is 13.1 Å². The molecule has 5 heteroatoms. The third-order valence-electron chi connectivity index (χ3n) is 3.21. The standard InChI is InChI=1S/C13H24N4O/c1-9(2)18-8-10-15-16-12-11(13(3,4)5)14-6-7-17(10)12/h9,11,14H,6-8H2,1-5H3. The Kier molecular flexibility index (Phi) is 3.73. The van der Waals surface area contributed by atoms with Crippen LogP contribution in [0.15, 0.2) is 0 Å². The van der Waals surface area contributed by atoms with Gasteiger partial charge in [-0.05, 0) is 19.3 Å². The Hall–Kier alpha value is -0.940. The number of hydrogen-bond acceptors (Lipinski definition) is 4. The second-order valence-electron chi connectivity index (χ2n) is 6.24. The van der Waals surface area contributed by atoms with E-state index in [1.165, 1.54) is 0 Å². The molecule has 1 aromatic heterocycles. The maximum atomic E-state index is 5.63. The average molecular weight is 252 g/mol. The highest BCUT2D eigenvalue weighted by molar-refractivity contribution is 5.07. The van der Waals surface area contributed by atoms with E-state index in [1.54, 1.807) is 0 Å². The fraction of sp³-hybridized carbons (Fsp3) is 0.846. The molecule has 0 spiro atoms. The van der Waals surface area contributed by atoms with Crippen LogP contribution in [0.2, 0.25) is 0 Å². The first-order chi connectivity index (χ1) is 8.39. The summed E-state index contributed by atoms with van der Waals surface area (Å²) in [5, 5.41) is 12.2. The van der Waals surface area contributed by atoms with Crippen LogP contribution in [-0.4, -0.2) is 27.4 Å². The zero-order valence-electron chi connectivity index (χ0n) is 12.0. The second kappa shape index (κ2) is 4.97. The Morgan fingerprint density at radius 2 is 2.11 bits per heavy atom. The van der Waals surface area contributed by atoms with Crippen molar-refractivity contribution < 1.29 is 4.74 Å². The first kappa shape index (κ1) is 13.5. The van der Waals surface area contributed by atoms with Gasteiger partial charge in [0.15, 0.2) is 11.6 Å². The Morgan fingerprint density at radius 3 is 2.72 bits per heavy atom. The smallest absolute Gasteiger partial charge is 0.159 e. The molecule has 102 valence electrons. The Balaban J connectivity index is 2.21. The molecule has 18 heavy (non-hydrogen) atoms. The third-order valence-corrected chi connectivity index (χ3v) is 3.21. The molecular formula is C13H24N4O. The molecule has 0 amide bonds. The lowest BCUT2D eigenvalue weighted by atomic mass is 9.85. The van der Waals surface area contributed by atoms with E-state index in [4.69, 9.17) is 4.74 Å². The molecule has 0 fully saturated rings. The lowest BCUT2D eigenvalue weighted by Gasteiger charge is -2.34. The first-order valence-electron chi connectivity index (χ1n) is 6.66. The van der Waals surface area contributed by atoms with Gasteiger partial charge in [-0.3, -0.25) is 0 Å². The number of ether oxygens (including phenoxy) is 1. The lowest BCUT2D eigenvalue weighted by molar-refractivity contribution is 0.0585. The van der Waals surface area contributed by atoms with Crippen LogP contribution in [0.4, 0.5) is 0 Å². The van der Waals surface area contributed by atoms with Gasteiger partial charge in [0.1, 0.15) is 6.61 Å². The van der Waals surface area contributed by atoms with Gasteiger partial charge >= 0.3 is 0 Å². The van der Waals surface area contributed by atoms with Crippen molar-refractivity contribution in [2.24, 2.45) is 5.41 Å². The summed E-state index contributed by atoms with van der Waals surface area (Å²) < 4.78 is 7.83. The van der Waals surface area contributed by atoms with E-state index in [-0.39, 0.29) is 17.6 Å². The molecule has 0 saturated heterocycles. The number of aromatic nitrogens is 3. The molecule has 0 aliphatic carbocycles. The summed E-state index contributed by atoms with van der Waals surface area (Å²) in [6.07, 6.45) is 0.220.